The third kappa shape index (κ3) is 3.58. The Kier molecular flexibility index (Phi) is 5.15. The minimum absolute atomic E-state index is 0.196. The number of nitrogens with zero attached hydrogens (tertiary/aromatic N) is 1. The van der Waals surface area contributed by atoms with Crippen LogP contribution >= 0.6 is 15.9 Å². The van der Waals surface area contributed by atoms with E-state index in [-0.39, 0.29) is 6.04 Å². The number of aromatic nitrogens is 1. The van der Waals surface area contributed by atoms with E-state index in [2.05, 4.69) is 57.4 Å². The Morgan fingerprint density at radius 1 is 1.30 bits per heavy atom. The summed E-state index contributed by atoms with van der Waals surface area (Å²) < 4.78 is 6.51. The molecule has 1 N–H and O–H groups in total. The maximum atomic E-state index is 5.51. The highest BCUT2D eigenvalue weighted by Gasteiger charge is 2.15. The van der Waals surface area contributed by atoms with E-state index in [0.717, 1.165) is 16.6 Å². The van der Waals surface area contributed by atoms with Gasteiger partial charge in [-0.05, 0) is 59.6 Å². The topological polar surface area (TPSA) is 34.2 Å². The number of halogens is 1. The second-order valence-corrected chi connectivity index (χ2v) is 5.72. The largest absolute Gasteiger partial charge is 0.496 e. The summed E-state index contributed by atoms with van der Waals surface area (Å²) in [5.41, 5.74) is 3.55. The van der Waals surface area contributed by atoms with Gasteiger partial charge >= 0.3 is 0 Å². The van der Waals surface area contributed by atoms with Crippen molar-refractivity contribution in [1.29, 1.82) is 0 Å². The molecular weight excluding hydrogens is 316 g/mol. The lowest BCUT2D eigenvalue weighted by atomic mass is 9.98. The highest BCUT2D eigenvalue weighted by atomic mass is 79.9. The molecule has 1 atom stereocenters. The van der Waals surface area contributed by atoms with Crippen LogP contribution in [0, 0.1) is 6.92 Å². The standard InChI is InChI=1S/C16H19BrN2O/c1-11-4-5-14(16(6-11)20-3)15(18-2)8-12-7-13(17)10-19-9-12/h4-7,9-10,15,18H,8H2,1-3H3. The quantitative estimate of drug-likeness (QED) is 0.905. The van der Waals surface area contributed by atoms with Crippen LogP contribution in [0.3, 0.4) is 0 Å². The fraction of sp³-hybridized carbons (Fsp3) is 0.312. The van der Waals surface area contributed by atoms with Crippen LogP contribution in [0.2, 0.25) is 0 Å². The molecule has 0 saturated carbocycles. The average Bonchev–Trinajstić information content (AvgIpc) is 2.45. The molecule has 3 nitrogen and oxygen atoms in total. The maximum Gasteiger partial charge on any atom is 0.123 e. The summed E-state index contributed by atoms with van der Waals surface area (Å²) in [6, 6.07) is 8.60. The summed E-state index contributed by atoms with van der Waals surface area (Å²) in [6.07, 6.45) is 4.56. The summed E-state index contributed by atoms with van der Waals surface area (Å²) >= 11 is 3.46. The van der Waals surface area contributed by atoms with E-state index in [1.54, 1.807) is 13.3 Å². The summed E-state index contributed by atoms with van der Waals surface area (Å²) in [5.74, 6) is 0.923. The number of aryl methyl sites for hydroxylation is 1. The number of methoxy groups -OCH3 is 1. The fourth-order valence-electron chi connectivity index (χ4n) is 2.28. The number of likely N-dealkylation sites (N-methyl/N-ethyl adjacent to an activating group) is 1. The molecule has 0 saturated heterocycles. The van der Waals surface area contributed by atoms with Crippen LogP contribution in [0.25, 0.3) is 0 Å². The SMILES string of the molecule is CNC(Cc1cncc(Br)c1)c1ccc(C)cc1OC. The lowest BCUT2D eigenvalue weighted by molar-refractivity contribution is 0.401. The molecule has 0 aliphatic rings. The van der Waals surface area contributed by atoms with Crippen molar-refractivity contribution >= 4 is 15.9 Å². The molecule has 1 aromatic carbocycles. The molecular formula is C16H19BrN2O. The smallest absolute Gasteiger partial charge is 0.123 e. The highest BCUT2D eigenvalue weighted by molar-refractivity contribution is 9.10. The second kappa shape index (κ2) is 6.86. The monoisotopic (exact) mass is 334 g/mol. The number of pyridine rings is 1. The molecule has 1 aromatic heterocycles. The van der Waals surface area contributed by atoms with E-state index in [1.807, 2.05) is 13.2 Å². The molecule has 0 fully saturated rings. The molecule has 106 valence electrons. The molecule has 0 bridgehead atoms. The highest BCUT2D eigenvalue weighted by Crippen LogP contribution is 2.28. The molecule has 2 aromatic rings. The molecule has 0 spiro atoms. The van der Waals surface area contributed by atoms with Gasteiger partial charge < -0.3 is 10.1 Å². The predicted octanol–water partition coefficient (Wildman–Crippen LogP) is 3.66. The van der Waals surface area contributed by atoms with Crippen molar-refractivity contribution in [2.24, 2.45) is 0 Å². The van der Waals surface area contributed by atoms with Gasteiger partial charge in [-0.3, -0.25) is 4.98 Å². The molecule has 2 rings (SSSR count). The van der Waals surface area contributed by atoms with Crippen LogP contribution < -0.4 is 10.1 Å². The van der Waals surface area contributed by atoms with E-state index in [0.29, 0.717) is 0 Å². The van der Waals surface area contributed by atoms with E-state index in [4.69, 9.17) is 4.74 Å². The predicted molar refractivity (Wildman–Crippen MR) is 85.2 cm³/mol. The van der Waals surface area contributed by atoms with Crippen LogP contribution in [0.5, 0.6) is 5.75 Å². The van der Waals surface area contributed by atoms with Gasteiger partial charge in [-0.15, -0.1) is 0 Å². The van der Waals surface area contributed by atoms with Crippen LogP contribution in [0.15, 0.2) is 41.1 Å². The normalized spacial score (nSPS) is 12.2. The summed E-state index contributed by atoms with van der Waals surface area (Å²) in [7, 11) is 3.68. The lowest BCUT2D eigenvalue weighted by Crippen LogP contribution is -2.19. The van der Waals surface area contributed by atoms with Gasteiger partial charge in [0.05, 0.1) is 7.11 Å². The summed E-state index contributed by atoms with van der Waals surface area (Å²) in [4.78, 5) is 4.22. The Balaban J connectivity index is 2.28. The van der Waals surface area contributed by atoms with Gasteiger partial charge in [-0.25, -0.2) is 0 Å². The van der Waals surface area contributed by atoms with Crippen molar-refractivity contribution in [3.8, 4) is 5.75 Å². The van der Waals surface area contributed by atoms with Crippen LogP contribution in [0.1, 0.15) is 22.7 Å². The van der Waals surface area contributed by atoms with Gasteiger partial charge in [0.25, 0.3) is 0 Å². The van der Waals surface area contributed by atoms with Gasteiger partial charge in [0.2, 0.25) is 0 Å². The lowest BCUT2D eigenvalue weighted by Gasteiger charge is -2.20. The fourth-order valence-corrected chi connectivity index (χ4v) is 2.69. The van der Waals surface area contributed by atoms with Crippen molar-refractivity contribution in [2.45, 2.75) is 19.4 Å². The van der Waals surface area contributed by atoms with Gasteiger partial charge in [-0.1, -0.05) is 12.1 Å². The second-order valence-electron chi connectivity index (χ2n) is 4.80. The van der Waals surface area contributed by atoms with Crippen LogP contribution in [-0.2, 0) is 6.42 Å². The molecule has 0 aliphatic heterocycles. The number of benzene rings is 1. The molecule has 0 amide bonds. The number of hydrogen-bond acceptors (Lipinski definition) is 3. The first-order valence-corrected chi connectivity index (χ1v) is 7.34. The van der Waals surface area contributed by atoms with E-state index >= 15 is 0 Å². The number of ether oxygens (including phenoxy) is 1. The Morgan fingerprint density at radius 3 is 2.75 bits per heavy atom. The first-order valence-electron chi connectivity index (χ1n) is 6.55. The number of rotatable bonds is 5. The molecule has 4 heteroatoms. The maximum absolute atomic E-state index is 5.51. The van der Waals surface area contributed by atoms with Crippen molar-refractivity contribution < 1.29 is 4.74 Å². The van der Waals surface area contributed by atoms with Crippen molar-refractivity contribution in [3.05, 3.63) is 57.8 Å². The van der Waals surface area contributed by atoms with Crippen molar-refractivity contribution in [3.63, 3.8) is 0 Å². The van der Waals surface area contributed by atoms with E-state index in [1.165, 1.54) is 16.7 Å². The minimum Gasteiger partial charge on any atom is -0.496 e. The summed E-state index contributed by atoms with van der Waals surface area (Å²) in [6.45, 7) is 2.07. The number of hydrogen-bond donors (Lipinski definition) is 1. The van der Waals surface area contributed by atoms with Gasteiger partial charge in [0, 0.05) is 28.5 Å². The third-order valence-corrected chi connectivity index (χ3v) is 3.75. The molecule has 1 heterocycles. The molecule has 0 radical (unpaired) electrons. The van der Waals surface area contributed by atoms with E-state index < -0.39 is 0 Å². The molecule has 1 unspecified atom stereocenters. The van der Waals surface area contributed by atoms with Crippen LogP contribution in [0.4, 0.5) is 0 Å². The Labute approximate surface area is 128 Å². The minimum atomic E-state index is 0.196. The van der Waals surface area contributed by atoms with Gasteiger partial charge in [0.1, 0.15) is 5.75 Å². The zero-order chi connectivity index (χ0) is 14.5. The zero-order valence-electron chi connectivity index (χ0n) is 12.0. The molecule has 20 heavy (non-hydrogen) atoms. The Hall–Kier alpha value is -1.39. The van der Waals surface area contributed by atoms with Gasteiger partial charge in [-0.2, -0.15) is 0 Å². The summed E-state index contributed by atoms with van der Waals surface area (Å²) in [5, 5.41) is 3.36. The molecule has 0 aliphatic carbocycles. The third-order valence-electron chi connectivity index (χ3n) is 3.31. The Morgan fingerprint density at radius 2 is 2.10 bits per heavy atom. The Bertz CT molecular complexity index is 586. The first-order chi connectivity index (χ1) is 9.63. The van der Waals surface area contributed by atoms with Crippen LogP contribution in [-0.4, -0.2) is 19.1 Å². The first kappa shape index (κ1) is 15.0. The van der Waals surface area contributed by atoms with Gasteiger partial charge in [0.15, 0.2) is 0 Å². The average molecular weight is 335 g/mol. The number of nitrogens with one attached hydrogen (secondary N) is 1. The van der Waals surface area contributed by atoms with E-state index in [9.17, 15) is 0 Å². The zero-order valence-corrected chi connectivity index (χ0v) is 13.6. The van der Waals surface area contributed by atoms with Crippen molar-refractivity contribution in [2.75, 3.05) is 14.2 Å². The van der Waals surface area contributed by atoms with Crippen molar-refractivity contribution in [1.82, 2.24) is 10.3 Å².